The maximum absolute atomic E-state index is 12.2. The zero-order valence-electron chi connectivity index (χ0n) is 10.2. The molecule has 0 saturated heterocycles. The molecule has 1 aromatic heterocycles. The molecule has 3 nitrogen and oxygen atoms in total. The Bertz CT molecular complexity index is 570. The largest absolute Gasteiger partial charge is 0.314 e. The third-order valence-corrected chi connectivity index (χ3v) is 3.34. The molecule has 18 heavy (non-hydrogen) atoms. The van der Waals surface area contributed by atoms with Crippen molar-refractivity contribution in [2.75, 3.05) is 6.54 Å². The highest BCUT2D eigenvalue weighted by Crippen LogP contribution is 2.20. The molecular weight excluding hydrogens is 224 g/mol. The zero-order chi connectivity index (χ0) is 12.4. The number of ketones is 1. The molecule has 1 N–H and O–H groups in total. The first-order valence-corrected chi connectivity index (χ1v) is 6.44. The van der Waals surface area contributed by atoms with Gasteiger partial charge in [-0.3, -0.25) is 9.78 Å². The van der Waals surface area contributed by atoms with Crippen molar-refractivity contribution >= 4 is 16.6 Å². The second-order valence-electron chi connectivity index (χ2n) is 4.80. The van der Waals surface area contributed by atoms with Crippen LogP contribution in [0.25, 0.3) is 10.8 Å². The van der Waals surface area contributed by atoms with Crippen molar-refractivity contribution in [3.8, 4) is 0 Å². The summed E-state index contributed by atoms with van der Waals surface area (Å²) in [5.74, 6) is 0.208. The van der Waals surface area contributed by atoms with Crippen LogP contribution >= 0.6 is 0 Å². The molecule has 2 aromatic rings. The van der Waals surface area contributed by atoms with Crippen molar-refractivity contribution in [1.29, 1.82) is 0 Å². The molecule has 1 aromatic carbocycles. The van der Waals surface area contributed by atoms with Crippen LogP contribution in [0.5, 0.6) is 0 Å². The number of benzene rings is 1. The van der Waals surface area contributed by atoms with E-state index in [1.54, 1.807) is 12.4 Å². The van der Waals surface area contributed by atoms with Gasteiger partial charge >= 0.3 is 0 Å². The van der Waals surface area contributed by atoms with E-state index in [0.717, 1.165) is 22.9 Å². The Morgan fingerprint density at radius 3 is 3.06 bits per heavy atom. The monoisotopic (exact) mass is 240 g/mol. The highest BCUT2D eigenvalue weighted by Gasteiger charge is 2.20. The van der Waals surface area contributed by atoms with Gasteiger partial charge in [-0.05, 0) is 24.3 Å². The van der Waals surface area contributed by atoms with E-state index in [9.17, 15) is 4.79 Å². The number of carbonyl (C=O) groups excluding carboxylic acids is 1. The van der Waals surface area contributed by atoms with Gasteiger partial charge in [-0.2, -0.15) is 0 Å². The van der Waals surface area contributed by atoms with Crippen molar-refractivity contribution in [2.45, 2.75) is 25.3 Å². The third kappa shape index (κ3) is 2.41. The fourth-order valence-electron chi connectivity index (χ4n) is 2.18. The summed E-state index contributed by atoms with van der Waals surface area (Å²) in [5, 5.41) is 5.40. The predicted octanol–water partition coefficient (Wildman–Crippen LogP) is 2.56. The van der Waals surface area contributed by atoms with Crippen LogP contribution in [-0.2, 0) is 0 Å². The van der Waals surface area contributed by atoms with Crippen molar-refractivity contribution in [3.63, 3.8) is 0 Å². The first-order chi connectivity index (χ1) is 8.84. The summed E-state index contributed by atoms with van der Waals surface area (Å²) in [6.45, 7) is 0.783. The average Bonchev–Trinajstić information content (AvgIpc) is 3.22. The van der Waals surface area contributed by atoms with E-state index < -0.39 is 0 Å². The number of carbonyl (C=O) groups is 1. The van der Waals surface area contributed by atoms with Crippen LogP contribution in [0.1, 0.15) is 29.6 Å². The lowest BCUT2D eigenvalue weighted by molar-refractivity contribution is 0.0984. The minimum Gasteiger partial charge on any atom is -0.314 e. The fraction of sp³-hybridized carbons (Fsp3) is 0.333. The van der Waals surface area contributed by atoms with Gasteiger partial charge in [0.1, 0.15) is 0 Å². The summed E-state index contributed by atoms with van der Waals surface area (Å²) in [6, 6.07) is 8.39. The van der Waals surface area contributed by atoms with Gasteiger partial charge in [-0.1, -0.05) is 18.2 Å². The SMILES string of the molecule is O=C(CCNC1CC1)c1cccc2cnccc12. The molecule has 0 spiro atoms. The van der Waals surface area contributed by atoms with Crippen LogP contribution in [-0.4, -0.2) is 23.4 Å². The Kier molecular flexibility index (Phi) is 3.07. The number of rotatable bonds is 5. The molecule has 0 bridgehead atoms. The standard InChI is InChI=1S/C15H16N2O/c18-15(7-9-17-12-4-5-12)14-3-1-2-11-10-16-8-6-13(11)14/h1-3,6,8,10,12,17H,4-5,7,9H2. The molecule has 1 fully saturated rings. The van der Waals surface area contributed by atoms with Crippen molar-refractivity contribution in [3.05, 3.63) is 42.2 Å². The Morgan fingerprint density at radius 1 is 1.33 bits per heavy atom. The number of nitrogens with one attached hydrogen (secondary N) is 1. The van der Waals surface area contributed by atoms with E-state index in [2.05, 4.69) is 10.3 Å². The molecule has 0 aliphatic heterocycles. The molecule has 0 radical (unpaired) electrons. The lowest BCUT2D eigenvalue weighted by Crippen LogP contribution is -2.20. The van der Waals surface area contributed by atoms with E-state index in [1.807, 2.05) is 24.3 Å². The molecule has 1 saturated carbocycles. The first kappa shape index (κ1) is 11.4. The van der Waals surface area contributed by atoms with Gasteiger partial charge in [0.15, 0.2) is 5.78 Å². The summed E-state index contributed by atoms with van der Waals surface area (Å²) in [4.78, 5) is 16.3. The molecule has 0 atom stereocenters. The second kappa shape index (κ2) is 4.86. The fourth-order valence-corrected chi connectivity index (χ4v) is 2.18. The zero-order valence-corrected chi connectivity index (χ0v) is 10.2. The van der Waals surface area contributed by atoms with Gasteiger partial charge in [-0.15, -0.1) is 0 Å². The lowest BCUT2D eigenvalue weighted by Gasteiger charge is -2.06. The Balaban J connectivity index is 1.77. The van der Waals surface area contributed by atoms with Crippen LogP contribution in [0.4, 0.5) is 0 Å². The highest BCUT2D eigenvalue weighted by atomic mass is 16.1. The van der Waals surface area contributed by atoms with Crippen LogP contribution in [0, 0.1) is 0 Å². The second-order valence-corrected chi connectivity index (χ2v) is 4.80. The first-order valence-electron chi connectivity index (χ1n) is 6.44. The van der Waals surface area contributed by atoms with Gasteiger partial charge in [0.25, 0.3) is 0 Å². The van der Waals surface area contributed by atoms with E-state index in [1.165, 1.54) is 12.8 Å². The average molecular weight is 240 g/mol. The molecule has 1 aliphatic carbocycles. The maximum Gasteiger partial charge on any atom is 0.164 e. The van der Waals surface area contributed by atoms with Crippen molar-refractivity contribution in [2.24, 2.45) is 0 Å². The van der Waals surface area contributed by atoms with Crippen molar-refractivity contribution in [1.82, 2.24) is 10.3 Å². The van der Waals surface area contributed by atoms with E-state index in [4.69, 9.17) is 0 Å². The topological polar surface area (TPSA) is 42.0 Å². The summed E-state index contributed by atoms with van der Waals surface area (Å²) in [6.07, 6.45) is 6.62. The lowest BCUT2D eigenvalue weighted by atomic mass is 10.0. The number of pyridine rings is 1. The maximum atomic E-state index is 12.2. The molecule has 0 amide bonds. The van der Waals surface area contributed by atoms with Crippen LogP contribution < -0.4 is 5.32 Å². The molecule has 3 rings (SSSR count). The Labute approximate surface area is 106 Å². The Hall–Kier alpha value is -1.74. The van der Waals surface area contributed by atoms with Crippen LogP contribution in [0.15, 0.2) is 36.7 Å². The molecule has 92 valence electrons. The summed E-state index contributed by atoms with van der Waals surface area (Å²) in [7, 11) is 0. The van der Waals surface area contributed by atoms with E-state index >= 15 is 0 Å². The minimum absolute atomic E-state index is 0.208. The number of Topliss-reactive ketones (excluding diaryl/α,β-unsaturated/α-hetero) is 1. The molecular formula is C15H16N2O. The van der Waals surface area contributed by atoms with Crippen LogP contribution in [0.2, 0.25) is 0 Å². The van der Waals surface area contributed by atoms with Gasteiger partial charge in [0.05, 0.1) is 0 Å². The third-order valence-electron chi connectivity index (χ3n) is 3.34. The van der Waals surface area contributed by atoms with Gasteiger partial charge in [0, 0.05) is 42.4 Å². The quantitative estimate of drug-likeness (QED) is 0.817. The number of nitrogens with zero attached hydrogens (tertiary/aromatic N) is 1. The molecule has 3 heteroatoms. The molecule has 1 aliphatic rings. The highest BCUT2D eigenvalue weighted by molar-refractivity contribution is 6.07. The van der Waals surface area contributed by atoms with Gasteiger partial charge in [0.2, 0.25) is 0 Å². The van der Waals surface area contributed by atoms with Crippen LogP contribution in [0.3, 0.4) is 0 Å². The number of hydrogen-bond donors (Lipinski definition) is 1. The van der Waals surface area contributed by atoms with E-state index in [-0.39, 0.29) is 5.78 Å². The smallest absolute Gasteiger partial charge is 0.164 e. The predicted molar refractivity (Wildman–Crippen MR) is 71.7 cm³/mol. The van der Waals surface area contributed by atoms with Crippen molar-refractivity contribution < 1.29 is 4.79 Å². The number of aromatic nitrogens is 1. The summed E-state index contributed by atoms with van der Waals surface area (Å²) >= 11 is 0. The summed E-state index contributed by atoms with van der Waals surface area (Å²) < 4.78 is 0. The minimum atomic E-state index is 0.208. The normalized spacial score (nSPS) is 14.9. The summed E-state index contributed by atoms with van der Waals surface area (Å²) in [5.41, 5.74) is 0.812. The number of hydrogen-bond acceptors (Lipinski definition) is 3. The van der Waals surface area contributed by atoms with E-state index in [0.29, 0.717) is 12.5 Å². The van der Waals surface area contributed by atoms with Gasteiger partial charge < -0.3 is 5.32 Å². The molecule has 0 unspecified atom stereocenters. The van der Waals surface area contributed by atoms with Gasteiger partial charge in [-0.25, -0.2) is 0 Å². The Morgan fingerprint density at radius 2 is 2.22 bits per heavy atom. The molecule has 1 heterocycles. The number of fused-ring (bicyclic) bond motifs is 1.